The number of rotatable bonds is 3. The molecule has 1 saturated heterocycles. The zero-order chi connectivity index (χ0) is 13.2. The van der Waals surface area contributed by atoms with Gasteiger partial charge in [-0.15, -0.1) is 0 Å². The van der Waals surface area contributed by atoms with Crippen LogP contribution in [0.4, 0.5) is 0 Å². The molecule has 1 aromatic rings. The van der Waals surface area contributed by atoms with Gasteiger partial charge in [-0.25, -0.2) is 8.42 Å². The molecular formula is C12H14N2O3S. The van der Waals surface area contributed by atoms with Crippen LogP contribution in [0.3, 0.4) is 0 Å². The van der Waals surface area contributed by atoms with Gasteiger partial charge in [0.05, 0.1) is 11.4 Å². The summed E-state index contributed by atoms with van der Waals surface area (Å²) in [6.45, 7) is 4.10. The summed E-state index contributed by atoms with van der Waals surface area (Å²) in [4.78, 5) is 11.5. The van der Waals surface area contributed by atoms with Crippen LogP contribution in [-0.2, 0) is 14.8 Å². The van der Waals surface area contributed by atoms with Gasteiger partial charge in [0.15, 0.2) is 0 Å². The molecule has 18 heavy (non-hydrogen) atoms. The van der Waals surface area contributed by atoms with E-state index in [4.69, 9.17) is 0 Å². The Morgan fingerprint density at radius 2 is 2.06 bits per heavy atom. The average Bonchev–Trinajstić information content (AvgIpc) is 2.38. The zero-order valence-electron chi connectivity index (χ0n) is 9.80. The molecule has 0 saturated carbocycles. The number of nitrogens with zero attached hydrogens (tertiary/aromatic N) is 1. The molecule has 1 heterocycles. The van der Waals surface area contributed by atoms with Gasteiger partial charge in [0.25, 0.3) is 0 Å². The number of sulfonamides is 1. The largest absolute Gasteiger partial charge is 0.354 e. The van der Waals surface area contributed by atoms with Crippen LogP contribution in [0.15, 0.2) is 35.7 Å². The number of carbonyl (C=O) groups is 1. The summed E-state index contributed by atoms with van der Waals surface area (Å²) in [6.07, 6.45) is 1.50. The highest BCUT2D eigenvalue weighted by Gasteiger charge is 2.30. The van der Waals surface area contributed by atoms with Crippen LogP contribution in [0.1, 0.15) is 5.56 Å². The van der Waals surface area contributed by atoms with Crippen molar-refractivity contribution in [1.82, 2.24) is 9.62 Å². The smallest absolute Gasteiger partial charge is 0.244 e. The van der Waals surface area contributed by atoms with E-state index in [1.807, 2.05) is 0 Å². The fourth-order valence-corrected chi connectivity index (χ4v) is 3.44. The number of amides is 1. The number of hydrogen-bond donors (Lipinski definition) is 1. The van der Waals surface area contributed by atoms with Crippen molar-refractivity contribution in [3.05, 3.63) is 36.4 Å². The molecule has 96 valence electrons. The predicted octanol–water partition coefficient (Wildman–Crippen LogP) is 0.450. The second kappa shape index (κ2) is 4.91. The Hall–Kier alpha value is -1.66. The number of hydrogen-bond acceptors (Lipinski definition) is 3. The van der Waals surface area contributed by atoms with Gasteiger partial charge in [-0.1, -0.05) is 30.9 Å². The molecule has 1 N–H and O–H groups in total. The van der Waals surface area contributed by atoms with Gasteiger partial charge in [0.1, 0.15) is 0 Å². The number of benzene rings is 1. The highest BCUT2D eigenvalue weighted by molar-refractivity contribution is 7.89. The molecular weight excluding hydrogens is 252 g/mol. The molecule has 0 aliphatic carbocycles. The Morgan fingerprint density at radius 3 is 2.72 bits per heavy atom. The summed E-state index contributed by atoms with van der Waals surface area (Å²) < 4.78 is 26.0. The normalized spacial score (nSPS) is 17.2. The molecule has 0 bridgehead atoms. The molecule has 1 aliphatic heterocycles. The molecule has 0 atom stereocenters. The third-order valence-electron chi connectivity index (χ3n) is 2.76. The van der Waals surface area contributed by atoms with Gasteiger partial charge < -0.3 is 5.32 Å². The first-order valence-corrected chi connectivity index (χ1v) is 6.98. The van der Waals surface area contributed by atoms with E-state index in [-0.39, 0.29) is 17.3 Å². The Bertz CT molecular complexity index is 581. The zero-order valence-corrected chi connectivity index (χ0v) is 10.6. The second-order valence-electron chi connectivity index (χ2n) is 3.93. The van der Waals surface area contributed by atoms with E-state index >= 15 is 0 Å². The molecule has 0 aromatic heterocycles. The lowest BCUT2D eigenvalue weighted by Gasteiger charge is -2.26. The van der Waals surface area contributed by atoms with E-state index in [2.05, 4.69) is 11.9 Å². The van der Waals surface area contributed by atoms with Gasteiger partial charge in [0.2, 0.25) is 15.9 Å². The standard InChI is InChI=1S/C12H14N2O3S/c1-2-10-5-3-4-6-11(10)18(16,17)14-8-7-13-12(15)9-14/h2-6H,1,7-9H2,(H,13,15). The van der Waals surface area contributed by atoms with Crippen LogP contribution in [0.5, 0.6) is 0 Å². The molecule has 2 rings (SSSR count). The van der Waals surface area contributed by atoms with Crippen molar-refractivity contribution < 1.29 is 13.2 Å². The van der Waals surface area contributed by atoms with E-state index < -0.39 is 10.0 Å². The van der Waals surface area contributed by atoms with Crippen LogP contribution < -0.4 is 5.32 Å². The SMILES string of the molecule is C=Cc1ccccc1S(=O)(=O)N1CCNC(=O)C1. The monoisotopic (exact) mass is 266 g/mol. The van der Waals surface area contributed by atoms with E-state index in [1.165, 1.54) is 16.4 Å². The van der Waals surface area contributed by atoms with Gasteiger partial charge in [-0.3, -0.25) is 4.79 Å². The highest BCUT2D eigenvalue weighted by atomic mass is 32.2. The predicted molar refractivity (Wildman–Crippen MR) is 68.3 cm³/mol. The van der Waals surface area contributed by atoms with Crippen molar-refractivity contribution in [2.24, 2.45) is 0 Å². The molecule has 0 spiro atoms. The van der Waals surface area contributed by atoms with E-state index in [0.29, 0.717) is 18.7 Å². The van der Waals surface area contributed by atoms with Crippen molar-refractivity contribution in [2.75, 3.05) is 19.6 Å². The van der Waals surface area contributed by atoms with E-state index in [0.717, 1.165) is 0 Å². The fraction of sp³-hybridized carbons (Fsp3) is 0.250. The Kier molecular flexibility index (Phi) is 3.49. The van der Waals surface area contributed by atoms with Gasteiger partial charge >= 0.3 is 0 Å². The van der Waals surface area contributed by atoms with Crippen molar-refractivity contribution >= 4 is 22.0 Å². The molecule has 1 amide bonds. The van der Waals surface area contributed by atoms with Crippen LogP contribution in [0.25, 0.3) is 6.08 Å². The summed E-state index contributed by atoms with van der Waals surface area (Å²) in [7, 11) is -3.64. The summed E-state index contributed by atoms with van der Waals surface area (Å²) in [5, 5.41) is 2.60. The Balaban J connectivity index is 2.41. The number of carbonyl (C=O) groups excluding carboxylic acids is 1. The first-order valence-electron chi connectivity index (χ1n) is 5.54. The maximum Gasteiger partial charge on any atom is 0.244 e. The van der Waals surface area contributed by atoms with E-state index in [9.17, 15) is 13.2 Å². The van der Waals surface area contributed by atoms with Crippen LogP contribution in [-0.4, -0.2) is 38.3 Å². The molecule has 0 radical (unpaired) electrons. The van der Waals surface area contributed by atoms with Crippen LogP contribution >= 0.6 is 0 Å². The summed E-state index contributed by atoms with van der Waals surface area (Å²) in [5.41, 5.74) is 0.545. The van der Waals surface area contributed by atoms with Crippen molar-refractivity contribution in [2.45, 2.75) is 4.90 Å². The Labute approximate surface area is 106 Å². The summed E-state index contributed by atoms with van der Waals surface area (Å²) in [5.74, 6) is -0.277. The first kappa shape index (κ1) is 12.8. The summed E-state index contributed by atoms with van der Waals surface area (Å²) >= 11 is 0. The van der Waals surface area contributed by atoms with Crippen LogP contribution in [0, 0.1) is 0 Å². The van der Waals surface area contributed by atoms with Gasteiger partial charge in [-0.05, 0) is 11.6 Å². The van der Waals surface area contributed by atoms with Gasteiger partial charge in [-0.2, -0.15) is 4.31 Å². The topological polar surface area (TPSA) is 66.5 Å². The number of nitrogens with one attached hydrogen (secondary N) is 1. The number of piperazine rings is 1. The minimum Gasteiger partial charge on any atom is -0.354 e. The molecule has 0 unspecified atom stereocenters. The lowest BCUT2D eigenvalue weighted by atomic mass is 10.2. The maximum atomic E-state index is 12.4. The van der Waals surface area contributed by atoms with Crippen molar-refractivity contribution in [3.63, 3.8) is 0 Å². The lowest BCUT2D eigenvalue weighted by Crippen LogP contribution is -2.49. The molecule has 1 aliphatic rings. The third-order valence-corrected chi connectivity index (χ3v) is 4.68. The molecule has 1 aromatic carbocycles. The van der Waals surface area contributed by atoms with Crippen molar-refractivity contribution in [1.29, 1.82) is 0 Å². The molecule has 5 nitrogen and oxygen atoms in total. The maximum absolute atomic E-state index is 12.4. The lowest BCUT2D eigenvalue weighted by molar-refractivity contribution is -0.122. The van der Waals surface area contributed by atoms with Crippen LogP contribution in [0.2, 0.25) is 0 Å². The molecule has 1 fully saturated rings. The average molecular weight is 266 g/mol. The fourth-order valence-electron chi connectivity index (χ4n) is 1.84. The highest BCUT2D eigenvalue weighted by Crippen LogP contribution is 2.21. The Morgan fingerprint density at radius 1 is 1.33 bits per heavy atom. The third kappa shape index (κ3) is 2.30. The summed E-state index contributed by atoms with van der Waals surface area (Å²) in [6, 6.07) is 6.62. The van der Waals surface area contributed by atoms with E-state index in [1.54, 1.807) is 18.2 Å². The second-order valence-corrected chi connectivity index (χ2v) is 5.84. The quantitative estimate of drug-likeness (QED) is 0.864. The van der Waals surface area contributed by atoms with Crippen molar-refractivity contribution in [3.8, 4) is 0 Å². The molecule has 6 heteroatoms. The van der Waals surface area contributed by atoms with Gasteiger partial charge in [0, 0.05) is 13.1 Å². The minimum absolute atomic E-state index is 0.131. The minimum atomic E-state index is -3.64. The first-order chi connectivity index (χ1) is 8.55.